The van der Waals surface area contributed by atoms with Crippen LogP contribution in [0.2, 0.25) is 0 Å². The van der Waals surface area contributed by atoms with Crippen molar-refractivity contribution in [1.29, 1.82) is 0 Å². The van der Waals surface area contributed by atoms with Crippen LogP contribution in [-0.2, 0) is 11.3 Å². The lowest BCUT2D eigenvalue weighted by atomic mass is 10.1. The van der Waals surface area contributed by atoms with Crippen molar-refractivity contribution >= 4 is 5.91 Å². The quantitative estimate of drug-likeness (QED) is 0.785. The van der Waals surface area contributed by atoms with Gasteiger partial charge in [0.1, 0.15) is 5.75 Å². The summed E-state index contributed by atoms with van der Waals surface area (Å²) in [4.78, 5) is 13.7. The molecule has 0 aliphatic carbocycles. The topological polar surface area (TPSA) is 75.8 Å². The molecule has 0 unspecified atom stereocenters. The summed E-state index contributed by atoms with van der Waals surface area (Å²) in [6.45, 7) is 6.35. The van der Waals surface area contributed by atoms with Gasteiger partial charge in [-0.05, 0) is 26.8 Å². The van der Waals surface area contributed by atoms with E-state index < -0.39 is 5.60 Å². The van der Waals surface area contributed by atoms with Gasteiger partial charge in [-0.15, -0.1) is 0 Å². The first kappa shape index (κ1) is 16.5. The number of amides is 1. The summed E-state index contributed by atoms with van der Waals surface area (Å²) in [5.41, 5.74) is 5.57. The number of para-hydroxylation sites is 1. The number of rotatable bonds is 7. The van der Waals surface area contributed by atoms with Crippen LogP contribution in [0.1, 0.15) is 26.3 Å². The van der Waals surface area contributed by atoms with E-state index in [9.17, 15) is 9.90 Å². The van der Waals surface area contributed by atoms with Crippen molar-refractivity contribution in [1.82, 2.24) is 4.90 Å². The highest BCUT2D eigenvalue weighted by molar-refractivity contribution is 5.77. The molecule has 1 amide bonds. The minimum atomic E-state index is -0.916. The van der Waals surface area contributed by atoms with Gasteiger partial charge in [0.15, 0.2) is 6.61 Å². The van der Waals surface area contributed by atoms with Gasteiger partial charge in [-0.25, -0.2) is 0 Å². The van der Waals surface area contributed by atoms with Gasteiger partial charge in [-0.3, -0.25) is 4.79 Å². The lowest BCUT2D eigenvalue weighted by Crippen LogP contribution is -2.44. The number of ether oxygens (including phenoxy) is 1. The fourth-order valence-electron chi connectivity index (χ4n) is 1.89. The second-order valence-electron chi connectivity index (χ2n) is 5.32. The van der Waals surface area contributed by atoms with Crippen LogP contribution in [0.5, 0.6) is 5.75 Å². The first-order valence-corrected chi connectivity index (χ1v) is 6.78. The monoisotopic (exact) mass is 280 g/mol. The molecule has 112 valence electrons. The molecule has 1 rings (SSSR count). The SMILES string of the molecule is CCN(CC(C)(C)O)C(=O)COc1ccccc1CN. The molecule has 5 nitrogen and oxygen atoms in total. The largest absolute Gasteiger partial charge is 0.483 e. The summed E-state index contributed by atoms with van der Waals surface area (Å²) in [5, 5.41) is 9.78. The zero-order valence-corrected chi connectivity index (χ0v) is 12.4. The predicted octanol–water partition coefficient (Wildman–Crippen LogP) is 1.14. The van der Waals surface area contributed by atoms with Gasteiger partial charge in [-0.2, -0.15) is 0 Å². The van der Waals surface area contributed by atoms with E-state index in [1.54, 1.807) is 24.8 Å². The van der Waals surface area contributed by atoms with Gasteiger partial charge in [0.2, 0.25) is 0 Å². The zero-order valence-electron chi connectivity index (χ0n) is 12.4. The lowest BCUT2D eigenvalue weighted by molar-refractivity contribution is -0.136. The molecule has 1 aromatic rings. The van der Waals surface area contributed by atoms with Crippen LogP contribution >= 0.6 is 0 Å². The van der Waals surface area contributed by atoms with Crippen molar-refractivity contribution in [2.75, 3.05) is 19.7 Å². The van der Waals surface area contributed by atoms with Crippen LogP contribution in [0.3, 0.4) is 0 Å². The summed E-state index contributed by atoms with van der Waals surface area (Å²) in [6.07, 6.45) is 0. The van der Waals surface area contributed by atoms with Crippen molar-refractivity contribution in [3.8, 4) is 5.75 Å². The minimum absolute atomic E-state index is 0.0546. The van der Waals surface area contributed by atoms with E-state index in [0.717, 1.165) is 5.56 Å². The molecule has 0 heterocycles. The van der Waals surface area contributed by atoms with Gasteiger partial charge in [-0.1, -0.05) is 18.2 Å². The third-order valence-corrected chi connectivity index (χ3v) is 2.86. The molecule has 20 heavy (non-hydrogen) atoms. The van der Waals surface area contributed by atoms with Crippen LogP contribution in [-0.4, -0.2) is 41.2 Å². The number of nitrogens with two attached hydrogens (primary N) is 1. The van der Waals surface area contributed by atoms with Crippen LogP contribution in [0.15, 0.2) is 24.3 Å². The molecule has 5 heteroatoms. The Hall–Kier alpha value is -1.59. The number of aliphatic hydroxyl groups is 1. The Balaban J connectivity index is 2.61. The summed E-state index contributed by atoms with van der Waals surface area (Å²) in [5.74, 6) is 0.476. The highest BCUT2D eigenvalue weighted by atomic mass is 16.5. The highest BCUT2D eigenvalue weighted by Crippen LogP contribution is 2.17. The van der Waals surface area contributed by atoms with E-state index >= 15 is 0 Å². The van der Waals surface area contributed by atoms with Crippen LogP contribution in [0.25, 0.3) is 0 Å². The van der Waals surface area contributed by atoms with Crippen molar-refractivity contribution in [3.05, 3.63) is 29.8 Å². The molecule has 3 N–H and O–H groups in total. The van der Waals surface area contributed by atoms with Crippen molar-refractivity contribution < 1.29 is 14.6 Å². The van der Waals surface area contributed by atoms with E-state index in [1.807, 2.05) is 25.1 Å². The van der Waals surface area contributed by atoms with E-state index in [1.165, 1.54) is 0 Å². The smallest absolute Gasteiger partial charge is 0.260 e. The second kappa shape index (κ2) is 7.26. The number of likely N-dealkylation sites (N-methyl/N-ethyl adjacent to an activating group) is 1. The third kappa shape index (κ3) is 5.19. The molecule has 0 spiro atoms. The average Bonchev–Trinajstić information content (AvgIpc) is 2.41. The number of nitrogens with zero attached hydrogens (tertiary/aromatic N) is 1. The third-order valence-electron chi connectivity index (χ3n) is 2.86. The fraction of sp³-hybridized carbons (Fsp3) is 0.533. The summed E-state index contributed by atoms with van der Waals surface area (Å²) >= 11 is 0. The molecule has 0 fully saturated rings. The molecular weight excluding hydrogens is 256 g/mol. The van der Waals surface area contributed by atoms with E-state index in [-0.39, 0.29) is 19.1 Å². The number of carbonyl (C=O) groups is 1. The Kier molecular flexibility index (Phi) is 5.98. The molecule has 0 aromatic heterocycles. The maximum Gasteiger partial charge on any atom is 0.260 e. The molecule has 0 atom stereocenters. The van der Waals surface area contributed by atoms with Crippen molar-refractivity contribution in [2.24, 2.45) is 5.73 Å². The summed E-state index contributed by atoms with van der Waals surface area (Å²) in [6, 6.07) is 7.38. The molecule has 0 radical (unpaired) electrons. The Morgan fingerprint density at radius 3 is 2.60 bits per heavy atom. The summed E-state index contributed by atoms with van der Waals surface area (Å²) in [7, 11) is 0. The first-order valence-electron chi connectivity index (χ1n) is 6.78. The molecule has 0 saturated carbocycles. The maximum absolute atomic E-state index is 12.1. The van der Waals surface area contributed by atoms with E-state index in [0.29, 0.717) is 18.8 Å². The fourth-order valence-corrected chi connectivity index (χ4v) is 1.89. The van der Waals surface area contributed by atoms with E-state index in [2.05, 4.69) is 0 Å². The van der Waals surface area contributed by atoms with Gasteiger partial charge in [0.05, 0.1) is 5.60 Å². The molecule has 0 bridgehead atoms. The number of hydrogen-bond acceptors (Lipinski definition) is 4. The molecule has 0 saturated heterocycles. The van der Waals surface area contributed by atoms with Crippen LogP contribution < -0.4 is 10.5 Å². The Morgan fingerprint density at radius 1 is 1.40 bits per heavy atom. The second-order valence-corrected chi connectivity index (χ2v) is 5.32. The number of carbonyl (C=O) groups excluding carboxylic acids is 1. The minimum Gasteiger partial charge on any atom is -0.483 e. The normalized spacial score (nSPS) is 11.2. The standard InChI is InChI=1S/C15H24N2O3/c1-4-17(11-15(2,3)19)14(18)10-20-13-8-6-5-7-12(13)9-16/h5-8,19H,4,9-11,16H2,1-3H3. The van der Waals surface area contributed by atoms with Gasteiger partial charge < -0.3 is 20.5 Å². The molecule has 0 aliphatic heterocycles. The molecule has 0 aliphatic rings. The Labute approximate surface area is 120 Å². The first-order chi connectivity index (χ1) is 9.37. The Morgan fingerprint density at radius 2 is 2.05 bits per heavy atom. The predicted molar refractivity (Wildman–Crippen MR) is 78.4 cm³/mol. The van der Waals surface area contributed by atoms with Crippen LogP contribution in [0, 0.1) is 0 Å². The Bertz CT molecular complexity index is 441. The van der Waals surface area contributed by atoms with Crippen molar-refractivity contribution in [2.45, 2.75) is 32.9 Å². The van der Waals surface area contributed by atoms with E-state index in [4.69, 9.17) is 10.5 Å². The number of hydrogen-bond donors (Lipinski definition) is 2. The van der Waals surface area contributed by atoms with Gasteiger partial charge in [0.25, 0.3) is 5.91 Å². The zero-order chi connectivity index (χ0) is 15.2. The average molecular weight is 280 g/mol. The maximum atomic E-state index is 12.1. The van der Waals surface area contributed by atoms with Crippen molar-refractivity contribution in [3.63, 3.8) is 0 Å². The number of benzene rings is 1. The lowest BCUT2D eigenvalue weighted by Gasteiger charge is -2.28. The summed E-state index contributed by atoms with van der Waals surface area (Å²) < 4.78 is 5.53. The molecular formula is C15H24N2O3. The van der Waals surface area contributed by atoms with Gasteiger partial charge >= 0.3 is 0 Å². The highest BCUT2D eigenvalue weighted by Gasteiger charge is 2.21. The molecule has 1 aromatic carbocycles. The van der Waals surface area contributed by atoms with Gasteiger partial charge in [0, 0.05) is 25.2 Å². The van der Waals surface area contributed by atoms with Crippen LogP contribution in [0.4, 0.5) is 0 Å².